The van der Waals surface area contributed by atoms with Crippen LogP contribution in [0.4, 0.5) is 21.5 Å². The molecule has 0 N–H and O–H groups in total. The highest BCUT2D eigenvalue weighted by molar-refractivity contribution is 5.83. The van der Waals surface area contributed by atoms with Crippen molar-refractivity contribution >= 4 is 17.1 Å². The third kappa shape index (κ3) is 3.80. The average molecular weight is 437 g/mol. The van der Waals surface area contributed by atoms with Gasteiger partial charge in [0, 0.05) is 35.0 Å². The van der Waals surface area contributed by atoms with Crippen molar-refractivity contribution < 1.29 is 8.91 Å². The van der Waals surface area contributed by atoms with E-state index < -0.39 is 0 Å². The average Bonchev–Trinajstić information content (AvgIpc) is 3.47. The molecule has 0 fully saturated rings. The van der Waals surface area contributed by atoms with Crippen LogP contribution in [0.3, 0.4) is 0 Å². The lowest BCUT2D eigenvalue weighted by molar-refractivity contribution is 0.393. The Morgan fingerprint density at radius 1 is 0.970 bits per heavy atom. The second-order valence-electron chi connectivity index (χ2n) is 7.90. The number of anilines is 3. The standard InChI is InChI=1S/C27H22FN4O/c1-18-9-10-21(27-19(2)30-33-20(27)3)15-25(18)32(22-7-5-4-6-8-22)23-11-12-24(28)26(16-23)31-14-13-29-17-31/h5-17H,1-3H3. The van der Waals surface area contributed by atoms with Gasteiger partial charge in [-0.3, -0.25) is 0 Å². The maximum absolute atomic E-state index is 14.7. The van der Waals surface area contributed by atoms with E-state index in [1.165, 1.54) is 6.07 Å². The van der Waals surface area contributed by atoms with E-state index in [4.69, 9.17) is 4.52 Å². The molecule has 0 saturated heterocycles. The minimum atomic E-state index is -0.320. The molecule has 33 heavy (non-hydrogen) atoms. The molecule has 0 spiro atoms. The van der Waals surface area contributed by atoms with Crippen molar-refractivity contribution in [3.8, 4) is 16.8 Å². The minimum Gasteiger partial charge on any atom is -0.361 e. The third-order valence-corrected chi connectivity index (χ3v) is 5.70. The fourth-order valence-corrected chi connectivity index (χ4v) is 4.09. The zero-order valence-corrected chi connectivity index (χ0v) is 18.6. The lowest BCUT2D eigenvalue weighted by Crippen LogP contribution is -2.12. The van der Waals surface area contributed by atoms with Gasteiger partial charge in [-0.2, -0.15) is 0 Å². The van der Waals surface area contributed by atoms with Gasteiger partial charge in [0.2, 0.25) is 0 Å². The summed E-state index contributed by atoms with van der Waals surface area (Å²) in [6.45, 7) is 5.92. The molecular weight excluding hydrogens is 415 g/mol. The van der Waals surface area contributed by atoms with Gasteiger partial charge in [-0.25, -0.2) is 9.37 Å². The molecule has 5 aromatic rings. The van der Waals surface area contributed by atoms with Gasteiger partial charge >= 0.3 is 0 Å². The summed E-state index contributed by atoms with van der Waals surface area (Å²) < 4.78 is 21.8. The highest BCUT2D eigenvalue weighted by atomic mass is 19.1. The molecule has 0 unspecified atom stereocenters. The van der Waals surface area contributed by atoms with Gasteiger partial charge in [-0.1, -0.05) is 29.4 Å². The molecule has 0 aliphatic carbocycles. The molecule has 0 saturated carbocycles. The van der Waals surface area contributed by atoms with Crippen LogP contribution in [-0.2, 0) is 0 Å². The third-order valence-electron chi connectivity index (χ3n) is 5.70. The second-order valence-corrected chi connectivity index (χ2v) is 7.90. The van der Waals surface area contributed by atoms with Crippen molar-refractivity contribution in [1.82, 2.24) is 14.7 Å². The normalized spacial score (nSPS) is 11.0. The molecule has 0 atom stereocenters. The fraction of sp³-hybridized carbons (Fsp3) is 0.111. The number of benzene rings is 3. The Morgan fingerprint density at radius 3 is 2.48 bits per heavy atom. The van der Waals surface area contributed by atoms with Gasteiger partial charge in [0.1, 0.15) is 11.6 Å². The van der Waals surface area contributed by atoms with Gasteiger partial charge in [0.25, 0.3) is 0 Å². The first-order valence-corrected chi connectivity index (χ1v) is 10.6. The summed E-state index contributed by atoms with van der Waals surface area (Å²) in [4.78, 5) is 6.18. The maximum atomic E-state index is 14.7. The smallest absolute Gasteiger partial charge is 0.147 e. The van der Waals surface area contributed by atoms with Crippen LogP contribution in [0, 0.1) is 32.7 Å². The van der Waals surface area contributed by atoms with Crippen LogP contribution in [0.5, 0.6) is 0 Å². The van der Waals surface area contributed by atoms with Gasteiger partial charge in [0.15, 0.2) is 0 Å². The number of aromatic nitrogens is 3. The Morgan fingerprint density at radius 2 is 1.79 bits per heavy atom. The van der Waals surface area contributed by atoms with E-state index in [9.17, 15) is 4.39 Å². The van der Waals surface area contributed by atoms with E-state index in [-0.39, 0.29) is 5.82 Å². The van der Waals surface area contributed by atoms with Crippen LogP contribution in [0.2, 0.25) is 0 Å². The first-order chi connectivity index (χ1) is 16.0. The molecule has 1 radical (unpaired) electrons. The molecule has 2 aromatic heterocycles. The minimum absolute atomic E-state index is 0.320. The molecule has 3 aromatic carbocycles. The Hall–Kier alpha value is -4.19. The SMILES string of the molecule is Cc1ccc(-c2c(C)noc2C)cc1N(c1cc[c]cc1)c1ccc(F)c(-n2ccnc2)c1. The van der Waals surface area contributed by atoms with Crippen LogP contribution in [0.1, 0.15) is 17.0 Å². The maximum Gasteiger partial charge on any atom is 0.147 e. The Kier molecular flexibility index (Phi) is 5.26. The molecule has 0 aliphatic heterocycles. The summed E-state index contributed by atoms with van der Waals surface area (Å²) in [6.07, 6.45) is 4.95. The molecule has 5 rings (SSSR count). The lowest BCUT2D eigenvalue weighted by Gasteiger charge is -2.28. The zero-order valence-electron chi connectivity index (χ0n) is 18.6. The topological polar surface area (TPSA) is 47.1 Å². The van der Waals surface area contributed by atoms with E-state index in [0.717, 1.165) is 45.2 Å². The highest BCUT2D eigenvalue weighted by Crippen LogP contribution is 2.40. The summed E-state index contributed by atoms with van der Waals surface area (Å²) >= 11 is 0. The first-order valence-electron chi connectivity index (χ1n) is 10.6. The van der Waals surface area contributed by atoms with E-state index in [2.05, 4.69) is 46.2 Å². The van der Waals surface area contributed by atoms with Gasteiger partial charge in [-0.05, 0) is 74.4 Å². The van der Waals surface area contributed by atoms with E-state index in [1.807, 2.05) is 44.2 Å². The largest absolute Gasteiger partial charge is 0.361 e. The number of hydrogen-bond acceptors (Lipinski definition) is 4. The van der Waals surface area contributed by atoms with Gasteiger partial charge in [-0.15, -0.1) is 0 Å². The molecule has 0 bridgehead atoms. The zero-order chi connectivity index (χ0) is 22.9. The summed E-state index contributed by atoms with van der Waals surface area (Å²) in [7, 11) is 0. The van der Waals surface area contributed by atoms with Crippen LogP contribution >= 0.6 is 0 Å². The monoisotopic (exact) mass is 437 g/mol. The summed E-state index contributed by atoms with van der Waals surface area (Å²) in [6, 6.07) is 22.2. The molecule has 6 heteroatoms. The molecule has 5 nitrogen and oxygen atoms in total. The van der Waals surface area contributed by atoms with Crippen molar-refractivity contribution in [2.24, 2.45) is 0 Å². The van der Waals surface area contributed by atoms with Gasteiger partial charge < -0.3 is 14.0 Å². The predicted octanol–water partition coefficient (Wildman–Crippen LogP) is 6.86. The summed E-state index contributed by atoms with van der Waals surface area (Å²) in [5.41, 5.74) is 7.08. The fourth-order valence-electron chi connectivity index (χ4n) is 4.09. The van der Waals surface area contributed by atoms with Crippen molar-refractivity contribution in [1.29, 1.82) is 0 Å². The number of rotatable bonds is 5. The Balaban J connectivity index is 1.72. The number of aryl methyl sites for hydroxylation is 3. The van der Waals surface area contributed by atoms with Crippen molar-refractivity contribution in [3.63, 3.8) is 0 Å². The molecular formula is C27H22FN4O. The highest BCUT2D eigenvalue weighted by Gasteiger charge is 2.19. The van der Waals surface area contributed by atoms with Crippen molar-refractivity contribution in [2.75, 3.05) is 4.90 Å². The lowest BCUT2D eigenvalue weighted by atomic mass is 10.00. The van der Waals surface area contributed by atoms with E-state index in [1.54, 1.807) is 29.4 Å². The van der Waals surface area contributed by atoms with Crippen molar-refractivity contribution in [2.45, 2.75) is 20.8 Å². The van der Waals surface area contributed by atoms with Gasteiger partial charge in [0.05, 0.1) is 17.7 Å². The van der Waals surface area contributed by atoms with Crippen LogP contribution in [0.15, 0.2) is 83.9 Å². The predicted molar refractivity (Wildman–Crippen MR) is 127 cm³/mol. The van der Waals surface area contributed by atoms with Crippen LogP contribution in [0.25, 0.3) is 16.8 Å². The van der Waals surface area contributed by atoms with Crippen molar-refractivity contribution in [3.05, 3.63) is 108 Å². The van der Waals surface area contributed by atoms with E-state index in [0.29, 0.717) is 5.69 Å². The molecule has 0 aliphatic rings. The number of hydrogen-bond donors (Lipinski definition) is 0. The van der Waals surface area contributed by atoms with Crippen LogP contribution < -0.4 is 4.90 Å². The molecule has 2 heterocycles. The van der Waals surface area contributed by atoms with E-state index >= 15 is 0 Å². The van der Waals surface area contributed by atoms with Crippen LogP contribution in [-0.4, -0.2) is 14.7 Å². The number of nitrogens with zero attached hydrogens (tertiary/aromatic N) is 4. The number of halogens is 1. The quantitative estimate of drug-likeness (QED) is 0.301. The molecule has 163 valence electrons. The first kappa shape index (κ1) is 20.7. The Labute approximate surface area is 191 Å². The number of imidazole rings is 1. The second kappa shape index (κ2) is 8.39. The molecule has 0 amide bonds. The Bertz CT molecular complexity index is 1390. The summed E-state index contributed by atoms with van der Waals surface area (Å²) in [5, 5.41) is 4.11. The summed E-state index contributed by atoms with van der Waals surface area (Å²) in [5.74, 6) is 0.451.